The summed E-state index contributed by atoms with van der Waals surface area (Å²) >= 11 is 0. The van der Waals surface area contributed by atoms with Gasteiger partial charge in [0.2, 0.25) is 0 Å². The Balaban J connectivity index is 2.55. The van der Waals surface area contributed by atoms with E-state index in [0.29, 0.717) is 17.6 Å². The number of hydrogen-bond donors (Lipinski definition) is 1. The van der Waals surface area contributed by atoms with Gasteiger partial charge in [0.05, 0.1) is 0 Å². The van der Waals surface area contributed by atoms with E-state index in [1.54, 1.807) is 0 Å². The standard InChI is InChI=1S/C10H22N2/c1-8-6-12(10(3,4)5)7-9(2)11-8/h8-9,11H,6-7H2,1-5H3/t8-,9-/m1/s1. The van der Waals surface area contributed by atoms with Crippen molar-refractivity contribution in [3.05, 3.63) is 0 Å². The van der Waals surface area contributed by atoms with Crippen molar-refractivity contribution in [1.82, 2.24) is 10.2 Å². The van der Waals surface area contributed by atoms with Crippen molar-refractivity contribution >= 4 is 0 Å². The van der Waals surface area contributed by atoms with E-state index >= 15 is 0 Å². The zero-order valence-electron chi connectivity index (χ0n) is 9.02. The Morgan fingerprint density at radius 3 is 1.83 bits per heavy atom. The van der Waals surface area contributed by atoms with Crippen LogP contribution in [-0.4, -0.2) is 35.6 Å². The highest BCUT2D eigenvalue weighted by Crippen LogP contribution is 2.16. The second kappa shape index (κ2) is 3.35. The maximum Gasteiger partial charge on any atom is 0.0169 e. The van der Waals surface area contributed by atoms with E-state index in [1.807, 2.05) is 0 Å². The topological polar surface area (TPSA) is 15.3 Å². The van der Waals surface area contributed by atoms with Gasteiger partial charge in [-0.2, -0.15) is 0 Å². The monoisotopic (exact) mass is 170 g/mol. The SMILES string of the molecule is C[C@@H]1CN(C(C)(C)C)C[C@@H](C)N1. The summed E-state index contributed by atoms with van der Waals surface area (Å²) in [5.41, 5.74) is 0.324. The molecule has 1 fully saturated rings. The third kappa shape index (κ3) is 2.46. The Labute approximate surface area is 76.3 Å². The van der Waals surface area contributed by atoms with Crippen LogP contribution in [0.25, 0.3) is 0 Å². The van der Waals surface area contributed by atoms with Gasteiger partial charge in [0.1, 0.15) is 0 Å². The minimum atomic E-state index is 0.324. The van der Waals surface area contributed by atoms with Crippen LogP contribution in [0.5, 0.6) is 0 Å². The molecule has 1 aliphatic heterocycles. The van der Waals surface area contributed by atoms with E-state index < -0.39 is 0 Å². The Hall–Kier alpha value is -0.0800. The minimum absolute atomic E-state index is 0.324. The first kappa shape index (κ1) is 10.0. The van der Waals surface area contributed by atoms with Crippen LogP contribution in [0.3, 0.4) is 0 Å². The fraction of sp³-hybridized carbons (Fsp3) is 1.00. The molecule has 0 aromatic heterocycles. The second-order valence-corrected chi connectivity index (χ2v) is 5.04. The minimum Gasteiger partial charge on any atom is -0.309 e. The molecule has 0 bridgehead atoms. The van der Waals surface area contributed by atoms with Crippen LogP contribution in [0, 0.1) is 0 Å². The van der Waals surface area contributed by atoms with Gasteiger partial charge in [-0.05, 0) is 34.6 Å². The van der Waals surface area contributed by atoms with Crippen molar-refractivity contribution in [3.63, 3.8) is 0 Å². The molecule has 2 heteroatoms. The summed E-state index contributed by atoms with van der Waals surface area (Å²) in [6.07, 6.45) is 0. The number of nitrogens with one attached hydrogen (secondary N) is 1. The third-order valence-corrected chi connectivity index (χ3v) is 2.51. The summed E-state index contributed by atoms with van der Waals surface area (Å²) in [7, 11) is 0. The summed E-state index contributed by atoms with van der Waals surface area (Å²) in [6, 6.07) is 1.26. The smallest absolute Gasteiger partial charge is 0.0169 e. The molecule has 0 spiro atoms. The van der Waals surface area contributed by atoms with Crippen LogP contribution >= 0.6 is 0 Å². The first-order chi connectivity index (χ1) is 5.39. The molecule has 2 nitrogen and oxygen atoms in total. The van der Waals surface area contributed by atoms with Gasteiger partial charge in [-0.3, -0.25) is 4.90 Å². The highest BCUT2D eigenvalue weighted by atomic mass is 15.3. The molecule has 0 aliphatic carbocycles. The normalized spacial score (nSPS) is 33.8. The van der Waals surface area contributed by atoms with Gasteiger partial charge in [0, 0.05) is 30.7 Å². The average molecular weight is 170 g/mol. The fourth-order valence-corrected chi connectivity index (χ4v) is 1.87. The molecular formula is C10H22N2. The third-order valence-electron chi connectivity index (χ3n) is 2.51. The fourth-order valence-electron chi connectivity index (χ4n) is 1.87. The van der Waals surface area contributed by atoms with E-state index in [2.05, 4.69) is 44.8 Å². The molecule has 1 saturated heterocycles. The zero-order chi connectivity index (χ0) is 9.35. The molecule has 0 saturated carbocycles. The van der Waals surface area contributed by atoms with Gasteiger partial charge in [-0.1, -0.05) is 0 Å². The number of piperazine rings is 1. The second-order valence-electron chi connectivity index (χ2n) is 5.04. The molecule has 12 heavy (non-hydrogen) atoms. The molecule has 0 aromatic rings. The van der Waals surface area contributed by atoms with Gasteiger partial charge in [-0.15, -0.1) is 0 Å². The van der Waals surface area contributed by atoms with E-state index in [4.69, 9.17) is 0 Å². The summed E-state index contributed by atoms with van der Waals surface area (Å²) in [4.78, 5) is 2.55. The van der Waals surface area contributed by atoms with Gasteiger partial charge in [0.15, 0.2) is 0 Å². The Bertz CT molecular complexity index is 138. The predicted molar refractivity (Wildman–Crippen MR) is 53.4 cm³/mol. The number of nitrogens with zero attached hydrogens (tertiary/aromatic N) is 1. The predicted octanol–water partition coefficient (Wildman–Crippen LogP) is 1.47. The molecule has 72 valence electrons. The van der Waals surface area contributed by atoms with Crippen LogP contribution in [0.2, 0.25) is 0 Å². The quantitative estimate of drug-likeness (QED) is 0.592. The maximum atomic E-state index is 3.54. The summed E-state index contributed by atoms with van der Waals surface area (Å²) in [5.74, 6) is 0. The molecule has 1 heterocycles. The lowest BCUT2D eigenvalue weighted by Gasteiger charge is -2.43. The lowest BCUT2D eigenvalue weighted by atomic mass is 10.0. The number of hydrogen-bond acceptors (Lipinski definition) is 2. The maximum absolute atomic E-state index is 3.54. The van der Waals surface area contributed by atoms with Crippen LogP contribution in [0.1, 0.15) is 34.6 Å². The van der Waals surface area contributed by atoms with E-state index in [9.17, 15) is 0 Å². The van der Waals surface area contributed by atoms with E-state index in [-0.39, 0.29) is 0 Å². The van der Waals surface area contributed by atoms with E-state index in [0.717, 1.165) is 0 Å². The molecule has 0 unspecified atom stereocenters. The van der Waals surface area contributed by atoms with Crippen LogP contribution < -0.4 is 5.32 Å². The Morgan fingerprint density at radius 2 is 1.50 bits per heavy atom. The van der Waals surface area contributed by atoms with Crippen molar-refractivity contribution < 1.29 is 0 Å². The Morgan fingerprint density at radius 1 is 1.08 bits per heavy atom. The van der Waals surface area contributed by atoms with Crippen molar-refractivity contribution in [1.29, 1.82) is 0 Å². The van der Waals surface area contributed by atoms with Gasteiger partial charge in [0.25, 0.3) is 0 Å². The largest absolute Gasteiger partial charge is 0.309 e. The molecule has 0 amide bonds. The molecule has 0 aromatic carbocycles. The molecule has 0 radical (unpaired) electrons. The first-order valence-corrected chi connectivity index (χ1v) is 4.90. The Kier molecular flexibility index (Phi) is 2.79. The van der Waals surface area contributed by atoms with Gasteiger partial charge < -0.3 is 5.32 Å². The molecule has 1 aliphatic rings. The van der Waals surface area contributed by atoms with Crippen molar-refractivity contribution in [3.8, 4) is 0 Å². The summed E-state index contributed by atoms with van der Waals surface area (Å²) < 4.78 is 0. The molecule has 2 atom stereocenters. The lowest BCUT2D eigenvalue weighted by Crippen LogP contribution is -2.59. The summed E-state index contributed by atoms with van der Waals surface area (Å²) in [6.45, 7) is 13.7. The van der Waals surface area contributed by atoms with Crippen LogP contribution in [-0.2, 0) is 0 Å². The highest BCUT2D eigenvalue weighted by Gasteiger charge is 2.28. The molecular weight excluding hydrogens is 148 g/mol. The first-order valence-electron chi connectivity index (χ1n) is 4.90. The van der Waals surface area contributed by atoms with E-state index in [1.165, 1.54) is 13.1 Å². The average Bonchev–Trinajstić information content (AvgIpc) is 1.82. The van der Waals surface area contributed by atoms with Crippen LogP contribution in [0.15, 0.2) is 0 Å². The summed E-state index contributed by atoms with van der Waals surface area (Å²) in [5, 5.41) is 3.54. The molecule has 1 rings (SSSR count). The van der Waals surface area contributed by atoms with Crippen molar-refractivity contribution in [2.24, 2.45) is 0 Å². The zero-order valence-corrected chi connectivity index (χ0v) is 9.02. The molecule has 1 N–H and O–H groups in total. The lowest BCUT2D eigenvalue weighted by molar-refractivity contribution is 0.0795. The van der Waals surface area contributed by atoms with Crippen LogP contribution in [0.4, 0.5) is 0 Å². The van der Waals surface area contributed by atoms with Gasteiger partial charge >= 0.3 is 0 Å². The van der Waals surface area contributed by atoms with Crippen molar-refractivity contribution in [2.75, 3.05) is 13.1 Å². The van der Waals surface area contributed by atoms with Crippen molar-refractivity contribution in [2.45, 2.75) is 52.2 Å². The highest BCUT2D eigenvalue weighted by molar-refractivity contribution is 4.87. The number of rotatable bonds is 0. The van der Waals surface area contributed by atoms with Gasteiger partial charge in [-0.25, -0.2) is 0 Å².